The Morgan fingerprint density at radius 2 is 2.00 bits per heavy atom. The maximum Gasteiger partial charge on any atom is 0.243 e. The van der Waals surface area contributed by atoms with Crippen molar-refractivity contribution in [2.75, 3.05) is 19.8 Å². The first-order chi connectivity index (χ1) is 7.99. The molecule has 0 radical (unpaired) electrons. The monoisotopic (exact) mass is 259 g/mol. The number of primary amides is 1. The molecular weight excluding hydrogens is 242 g/mol. The first-order valence-electron chi connectivity index (χ1n) is 5.43. The second-order valence-corrected chi connectivity index (χ2v) is 4.51. The Morgan fingerprint density at radius 3 is 2.41 bits per heavy atom. The smallest absolute Gasteiger partial charge is 0.243 e. The Bertz CT molecular complexity index is 329. The van der Waals surface area contributed by atoms with Crippen molar-refractivity contribution in [3.63, 3.8) is 0 Å². The van der Waals surface area contributed by atoms with Crippen LogP contribution in [-0.4, -0.2) is 36.6 Å². The Kier molecular flexibility index (Phi) is 4.83. The molecule has 1 aliphatic rings. The third-order valence-electron chi connectivity index (χ3n) is 2.89. The SMILES string of the molecule is NC(=O)COCCNC(=O)C1(C(N)=S)CCC1. The highest BCUT2D eigenvalue weighted by molar-refractivity contribution is 7.80. The van der Waals surface area contributed by atoms with E-state index in [4.69, 9.17) is 28.4 Å². The van der Waals surface area contributed by atoms with Gasteiger partial charge in [-0.3, -0.25) is 9.59 Å². The molecule has 17 heavy (non-hydrogen) atoms. The number of nitrogens with one attached hydrogen (secondary N) is 1. The summed E-state index contributed by atoms with van der Waals surface area (Å²) < 4.78 is 4.92. The molecule has 1 rings (SSSR count). The van der Waals surface area contributed by atoms with Gasteiger partial charge in [-0.05, 0) is 12.8 Å². The Morgan fingerprint density at radius 1 is 1.35 bits per heavy atom. The molecule has 0 aliphatic heterocycles. The highest BCUT2D eigenvalue weighted by Crippen LogP contribution is 2.41. The summed E-state index contributed by atoms with van der Waals surface area (Å²) in [5, 5.41) is 2.70. The summed E-state index contributed by atoms with van der Waals surface area (Å²) in [6.07, 6.45) is 2.37. The van der Waals surface area contributed by atoms with Gasteiger partial charge >= 0.3 is 0 Å². The zero-order valence-electron chi connectivity index (χ0n) is 9.53. The second-order valence-electron chi connectivity index (χ2n) is 4.07. The zero-order valence-corrected chi connectivity index (χ0v) is 10.3. The second kappa shape index (κ2) is 5.92. The van der Waals surface area contributed by atoms with Crippen LogP contribution in [0.15, 0.2) is 0 Å². The van der Waals surface area contributed by atoms with Crippen LogP contribution in [0.3, 0.4) is 0 Å². The molecule has 1 saturated carbocycles. The van der Waals surface area contributed by atoms with E-state index >= 15 is 0 Å². The van der Waals surface area contributed by atoms with Crippen molar-refractivity contribution < 1.29 is 14.3 Å². The molecular formula is C10H17N3O3S. The topological polar surface area (TPSA) is 107 Å². The van der Waals surface area contributed by atoms with Gasteiger partial charge in [0.25, 0.3) is 0 Å². The average molecular weight is 259 g/mol. The lowest BCUT2D eigenvalue weighted by molar-refractivity contribution is -0.131. The summed E-state index contributed by atoms with van der Waals surface area (Å²) in [5.74, 6) is -0.686. The van der Waals surface area contributed by atoms with Crippen molar-refractivity contribution in [1.29, 1.82) is 0 Å². The van der Waals surface area contributed by atoms with Crippen LogP contribution in [0.5, 0.6) is 0 Å². The van der Waals surface area contributed by atoms with Crippen molar-refractivity contribution in [1.82, 2.24) is 5.32 Å². The standard InChI is InChI=1S/C10H17N3O3S/c11-7(14)6-16-5-4-13-9(15)10(8(12)17)2-1-3-10/h1-6H2,(H2,11,14)(H2,12,17)(H,13,15). The van der Waals surface area contributed by atoms with E-state index in [9.17, 15) is 9.59 Å². The van der Waals surface area contributed by atoms with E-state index in [1.165, 1.54) is 0 Å². The van der Waals surface area contributed by atoms with Crippen molar-refractivity contribution >= 4 is 29.0 Å². The molecule has 1 fully saturated rings. The largest absolute Gasteiger partial charge is 0.392 e. The minimum Gasteiger partial charge on any atom is -0.392 e. The third-order valence-corrected chi connectivity index (χ3v) is 3.28. The summed E-state index contributed by atoms with van der Waals surface area (Å²) >= 11 is 4.92. The molecule has 0 aromatic carbocycles. The van der Waals surface area contributed by atoms with Crippen molar-refractivity contribution in [3.8, 4) is 0 Å². The van der Waals surface area contributed by atoms with Crippen LogP contribution in [-0.2, 0) is 14.3 Å². The Balaban J connectivity index is 2.25. The molecule has 0 aromatic heterocycles. The minimum absolute atomic E-state index is 0.143. The van der Waals surface area contributed by atoms with Gasteiger partial charge in [-0.25, -0.2) is 0 Å². The molecule has 0 heterocycles. The van der Waals surface area contributed by atoms with Crippen molar-refractivity contribution in [2.24, 2.45) is 16.9 Å². The molecule has 5 N–H and O–H groups in total. The number of hydrogen-bond acceptors (Lipinski definition) is 4. The fourth-order valence-electron chi connectivity index (χ4n) is 1.69. The Labute approximate surface area is 105 Å². The lowest BCUT2D eigenvalue weighted by Crippen LogP contribution is -2.53. The summed E-state index contributed by atoms with van der Waals surface area (Å²) in [6.45, 7) is 0.412. The first-order valence-corrected chi connectivity index (χ1v) is 5.84. The van der Waals surface area contributed by atoms with Crippen LogP contribution in [0.4, 0.5) is 0 Å². The van der Waals surface area contributed by atoms with E-state index in [0.29, 0.717) is 19.4 Å². The Hall–Kier alpha value is -1.21. The molecule has 0 spiro atoms. The first kappa shape index (κ1) is 13.9. The molecule has 0 aromatic rings. The van der Waals surface area contributed by atoms with Gasteiger partial charge in [0, 0.05) is 6.54 Å². The number of nitrogens with two attached hydrogens (primary N) is 2. The third kappa shape index (κ3) is 3.37. The van der Waals surface area contributed by atoms with Crippen LogP contribution in [0, 0.1) is 5.41 Å². The van der Waals surface area contributed by atoms with Gasteiger partial charge in [0.15, 0.2) is 0 Å². The predicted molar refractivity (Wildman–Crippen MR) is 66.1 cm³/mol. The van der Waals surface area contributed by atoms with Gasteiger partial charge in [-0.15, -0.1) is 0 Å². The molecule has 7 heteroatoms. The zero-order chi connectivity index (χ0) is 12.9. The highest BCUT2D eigenvalue weighted by Gasteiger charge is 2.46. The van der Waals surface area contributed by atoms with Gasteiger partial charge in [-0.2, -0.15) is 0 Å². The molecule has 1 aliphatic carbocycles. The molecule has 2 amide bonds. The maximum absolute atomic E-state index is 11.9. The summed E-state index contributed by atoms with van der Waals surface area (Å²) in [4.78, 5) is 22.5. The van der Waals surface area contributed by atoms with E-state index in [0.717, 1.165) is 6.42 Å². The number of ether oxygens (including phenoxy) is 1. The number of rotatable bonds is 7. The number of hydrogen-bond donors (Lipinski definition) is 3. The van der Waals surface area contributed by atoms with Crippen molar-refractivity contribution in [3.05, 3.63) is 0 Å². The van der Waals surface area contributed by atoms with Gasteiger partial charge in [0.05, 0.1) is 17.0 Å². The minimum atomic E-state index is -0.668. The molecule has 6 nitrogen and oxygen atoms in total. The summed E-state index contributed by atoms with van der Waals surface area (Å²) in [5.41, 5.74) is 9.80. The fraction of sp³-hybridized carbons (Fsp3) is 0.700. The van der Waals surface area contributed by atoms with Gasteiger partial charge < -0.3 is 21.5 Å². The number of thiocarbonyl (C=S) groups is 1. The van der Waals surface area contributed by atoms with Crippen molar-refractivity contribution in [2.45, 2.75) is 19.3 Å². The normalized spacial score (nSPS) is 16.9. The van der Waals surface area contributed by atoms with Gasteiger partial charge in [0.1, 0.15) is 6.61 Å². The summed E-state index contributed by atoms with van der Waals surface area (Å²) in [7, 11) is 0. The van der Waals surface area contributed by atoms with Crippen LogP contribution in [0.2, 0.25) is 0 Å². The summed E-state index contributed by atoms with van der Waals surface area (Å²) in [6, 6.07) is 0. The van der Waals surface area contributed by atoms with Crippen LogP contribution < -0.4 is 16.8 Å². The molecule has 0 unspecified atom stereocenters. The quantitative estimate of drug-likeness (QED) is 0.404. The maximum atomic E-state index is 11.9. The number of carbonyl (C=O) groups excluding carboxylic acids is 2. The van der Waals surface area contributed by atoms with E-state index in [-0.39, 0.29) is 24.1 Å². The number of amides is 2. The highest BCUT2D eigenvalue weighted by atomic mass is 32.1. The molecule has 0 bridgehead atoms. The fourth-order valence-corrected chi connectivity index (χ4v) is 1.99. The van der Waals surface area contributed by atoms with Gasteiger partial charge in [-0.1, -0.05) is 18.6 Å². The molecule has 0 saturated heterocycles. The van der Waals surface area contributed by atoms with Crippen LogP contribution >= 0.6 is 12.2 Å². The van der Waals surface area contributed by atoms with Crippen LogP contribution in [0.25, 0.3) is 0 Å². The number of carbonyl (C=O) groups is 2. The van der Waals surface area contributed by atoms with Gasteiger partial charge in [0.2, 0.25) is 11.8 Å². The predicted octanol–water partition coefficient (Wildman–Crippen LogP) is -0.939. The lowest BCUT2D eigenvalue weighted by Gasteiger charge is -2.39. The lowest BCUT2D eigenvalue weighted by atomic mass is 9.68. The van der Waals surface area contributed by atoms with E-state index in [1.807, 2.05) is 0 Å². The van der Waals surface area contributed by atoms with E-state index in [1.54, 1.807) is 0 Å². The van der Waals surface area contributed by atoms with E-state index in [2.05, 4.69) is 5.32 Å². The van der Waals surface area contributed by atoms with Crippen LogP contribution in [0.1, 0.15) is 19.3 Å². The molecule has 96 valence electrons. The average Bonchev–Trinajstić information content (AvgIpc) is 2.14. The van der Waals surface area contributed by atoms with E-state index < -0.39 is 11.3 Å². The molecule has 0 atom stereocenters.